The van der Waals surface area contributed by atoms with E-state index in [0.717, 1.165) is 4.90 Å². The second-order valence-corrected chi connectivity index (χ2v) is 3.76. The number of nitrogens with zero attached hydrogens (tertiary/aromatic N) is 1. The SMILES string of the molecule is O=c1c2cccn1SS2. The van der Waals surface area contributed by atoms with Gasteiger partial charge in [-0.05, 0) is 22.9 Å². The molecular weight excluding hydrogens is 154 g/mol. The first-order valence-electron chi connectivity index (χ1n) is 2.44. The molecule has 1 aromatic heterocycles. The predicted molar refractivity (Wildman–Crippen MR) is 39.5 cm³/mol. The van der Waals surface area contributed by atoms with Gasteiger partial charge in [-0.15, -0.1) is 0 Å². The summed E-state index contributed by atoms with van der Waals surface area (Å²) in [5, 5.41) is 0. The summed E-state index contributed by atoms with van der Waals surface area (Å²) < 4.78 is 1.62. The Bertz CT molecular complexity index is 268. The van der Waals surface area contributed by atoms with E-state index in [1.807, 2.05) is 12.1 Å². The number of aromatic nitrogens is 1. The van der Waals surface area contributed by atoms with Gasteiger partial charge in [-0.1, -0.05) is 0 Å². The number of fused-ring (bicyclic) bond motifs is 2. The van der Waals surface area contributed by atoms with Gasteiger partial charge in [-0.2, -0.15) is 0 Å². The quantitative estimate of drug-likeness (QED) is 0.531. The number of hydrogen-bond acceptors (Lipinski definition) is 3. The molecule has 2 bridgehead atoms. The summed E-state index contributed by atoms with van der Waals surface area (Å²) in [5.74, 6) is 0. The van der Waals surface area contributed by atoms with E-state index in [2.05, 4.69) is 0 Å². The monoisotopic (exact) mass is 157 g/mol. The van der Waals surface area contributed by atoms with Gasteiger partial charge in [0.2, 0.25) is 0 Å². The zero-order chi connectivity index (χ0) is 6.27. The first-order chi connectivity index (χ1) is 4.38. The molecule has 1 aromatic rings. The van der Waals surface area contributed by atoms with Crippen molar-refractivity contribution in [1.29, 1.82) is 0 Å². The van der Waals surface area contributed by atoms with Crippen molar-refractivity contribution >= 4 is 21.8 Å². The second-order valence-electron chi connectivity index (χ2n) is 1.66. The van der Waals surface area contributed by atoms with Gasteiger partial charge < -0.3 is 0 Å². The maximum atomic E-state index is 11.0. The normalized spacial score (nSPS) is 14.2. The fraction of sp³-hybridized carbons (Fsp3) is 0. The molecule has 0 saturated carbocycles. The molecule has 4 heteroatoms. The largest absolute Gasteiger partial charge is 0.275 e. The highest BCUT2D eigenvalue weighted by molar-refractivity contribution is 8.76. The lowest BCUT2D eigenvalue weighted by molar-refractivity contribution is 1.10. The van der Waals surface area contributed by atoms with Crippen LogP contribution in [-0.2, 0) is 0 Å². The van der Waals surface area contributed by atoms with E-state index in [4.69, 9.17) is 0 Å². The highest BCUT2D eigenvalue weighted by atomic mass is 33.1. The van der Waals surface area contributed by atoms with Crippen LogP contribution in [0.1, 0.15) is 0 Å². The molecule has 0 fully saturated rings. The van der Waals surface area contributed by atoms with Crippen molar-refractivity contribution in [3.8, 4) is 0 Å². The van der Waals surface area contributed by atoms with Crippen molar-refractivity contribution in [1.82, 2.24) is 3.97 Å². The molecule has 1 aliphatic heterocycles. The summed E-state index contributed by atoms with van der Waals surface area (Å²) in [6.07, 6.45) is 1.77. The molecule has 0 atom stereocenters. The van der Waals surface area contributed by atoms with Gasteiger partial charge in [0.1, 0.15) is 0 Å². The summed E-state index contributed by atoms with van der Waals surface area (Å²) >= 11 is 0. The zero-order valence-corrected chi connectivity index (χ0v) is 6.04. The number of pyridine rings is 1. The van der Waals surface area contributed by atoms with Crippen LogP contribution in [0.2, 0.25) is 0 Å². The predicted octanol–water partition coefficient (Wildman–Crippen LogP) is 1.37. The van der Waals surface area contributed by atoms with E-state index >= 15 is 0 Å². The van der Waals surface area contributed by atoms with Crippen LogP contribution >= 0.6 is 21.8 Å². The zero-order valence-electron chi connectivity index (χ0n) is 4.40. The standard InChI is InChI=1S/C5H3NOS2/c7-5-4-2-1-3-6(5)9-8-4/h1-3H. The topological polar surface area (TPSA) is 22.0 Å². The molecule has 2 heterocycles. The molecule has 0 unspecified atom stereocenters. The Morgan fingerprint density at radius 2 is 2.44 bits per heavy atom. The van der Waals surface area contributed by atoms with Crippen molar-refractivity contribution < 1.29 is 0 Å². The number of hydrogen-bond donors (Lipinski definition) is 0. The Morgan fingerprint density at radius 3 is 3.11 bits per heavy atom. The van der Waals surface area contributed by atoms with Crippen LogP contribution in [0.25, 0.3) is 0 Å². The minimum atomic E-state index is 0.118. The van der Waals surface area contributed by atoms with Crippen LogP contribution in [0, 0.1) is 0 Å². The lowest BCUT2D eigenvalue weighted by Gasteiger charge is -1.85. The van der Waals surface area contributed by atoms with Gasteiger partial charge in [0, 0.05) is 17.2 Å². The van der Waals surface area contributed by atoms with Gasteiger partial charge in [0.25, 0.3) is 5.56 Å². The fourth-order valence-corrected chi connectivity index (χ4v) is 2.68. The molecule has 2 rings (SSSR count). The molecule has 0 N–H and O–H groups in total. The minimum absolute atomic E-state index is 0.118. The average molecular weight is 157 g/mol. The molecule has 9 heavy (non-hydrogen) atoms. The molecule has 0 aromatic carbocycles. The third kappa shape index (κ3) is 0.702. The average Bonchev–Trinajstić information content (AvgIpc) is 2.19. The maximum absolute atomic E-state index is 11.0. The summed E-state index contributed by atoms with van der Waals surface area (Å²) in [6.45, 7) is 0. The van der Waals surface area contributed by atoms with Crippen molar-refractivity contribution in [3.05, 3.63) is 28.7 Å². The van der Waals surface area contributed by atoms with Crippen molar-refractivity contribution in [2.45, 2.75) is 4.90 Å². The van der Waals surface area contributed by atoms with E-state index in [0.29, 0.717) is 0 Å². The van der Waals surface area contributed by atoms with Crippen molar-refractivity contribution in [2.75, 3.05) is 0 Å². The van der Waals surface area contributed by atoms with Crippen LogP contribution < -0.4 is 5.56 Å². The first kappa shape index (κ1) is 5.44. The summed E-state index contributed by atoms with van der Waals surface area (Å²) in [5.41, 5.74) is 0.118. The lowest BCUT2D eigenvalue weighted by Crippen LogP contribution is -2.08. The minimum Gasteiger partial charge on any atom is -0.267 e. The van der Waals surface area contributed by atoms with Gasteiger partial charge in [-0.25, -0.2) is 3.97 Å². The molecular formula is C5H3NOS2. The highest BCUT2D eigenvalue weighted by Crippen LogP contribution is 2.33. The molecule has 0 saturated heterocycles. The lowest BCUT2D eigenvalue weighted by atomic mass is 10.5. The van der Waals surface area contributed by atoms with E-state index < -0.39 is 0 Å². The summed E-state index contributed by atoms with van der Waals surface area (Å²) in [7, 11) is 2.98. The smallest absolute Gasteiger partial charge is 0.267 e. The highest BCUT2D eigenvalue weighted by Gasteiger charge is 2.11. The number of rotatable bonds is 0. The van der Waals surface area contributed by atoms with Gasteiger partial charge in [0.15, 0.2) is 0 Å². The van der Waals surface area contributed by atoms with E-state index in [1.54, 1.807) is 10.2 Å². The summed E-state index contributed by atoms with van der Waals surface area (Å²) in [6, 6.07) is 3.72. The molecule has 1 aliphatic rings. The van der Waals surface area contributed by atoms with Crippen LogP contribution in [0.4, 0.5) is 0 Å². The fourth-order valence-electron chi connectivity index (χ4n) is 0.659. The van der Waals surface area contributed by atoms with Crippen molar-refractivity contribution in [3.63, 3.8) is 0 Å². The van der Waals surface area contributed by atoms with E-state index in [9.17, 15) is 4.79 Å². The Morgan fingerprint density at radius 1 is 1.56 bits per heavy atom. The Balaban J connectivity index is 2.86. The van der Waals surface area contributed by atoms with Crippen LogP contribution in [-0.4, -0.2) is 3.97 Å². The van der Waals surface area contributed by atoms with Crippen LogP contribution in [0.5, 0.6) is 0 Å². The molecule has 0 radical (unpaired) electrons. The second kappa shape index (κ2) is 1.82. The molecule has 0 amide bonds. The van der Waals surface area contributed by atoms with E-state index in [1.165, 1.54) is 21.8 Å². The van der Waals surface area contributed by atoms with Gasteiger partial charge in [0.05, 0.1) is 4.90 Å². The molecule has 2 nitrogen and oxygen atoms in total. The van der Waals surface area contributed by atoms with Gasteiger partial charge in [-0.3, -0.25) is 4.79 Å². The Hall–Kier alpha value is -0.350. The first-order valence-corrected chi connectivity index (χ1v) is 4.55. The third-order valence-corrected chi connectivity index (χ3v) is 3.34. The summed E-state index contributed by atoms with van der Waals surface area (Å²) in [4.78, 5) is 11.8. The Labute approximate surface area is 59.8 Å². The Kier molecular flexibility index (Phi) is 1.10. The van der Waals surface area contributed by atoms with Crippen LogP contribution in [0.3, 0.4) is 0 Å². The molecule has 0 aliphatic carbocycles. The van der Waals surface area contributed by atoms with E-state index in [-0.39, 0.29) is 5.56 Å². The van der Waals surface area contributed by atoms with Gasteiger partial charge >= 0.3 is 0 Å². The maximum Gasteiger partial charge on any atom is 0.275 e. The van der Waals surface area contributed by atoms with Crippen LogP contribution in [0.15, 0.2) is 28.0 Å². The van der Waals surface area contributed by atoms with Crippen molar-refractivity contribution in [2.24, 2.45) is 0 Å². The molecule has 0 spiro atoms. The molecule has 46 valence electrons. The third-order valence-electron chi connectivity index (χ3n) is 1.09.